The average Bonchev–Trinajstić information content (AvgIpc) is 3.12. The summed E-state index contributed by atoms with van der Waals surface area (Å²) in [6, 6.07) is 14.8. The molecule has 110 valence electrons. The summed E-state index contributed by atoms with van der Waals surface area (Å²) in [5.41, 5.74) is 2.08. The van der Waals surface area contributed by atoms with E-state index in [9.17, 15) is 8.42 Å². The van der Waals surface area contributed by atoms with E-state index in [1.165, 1.54) is 0 Å². The topological polar surface area (TPSA) is 37.1 Å². The van der Waals surface area contributed by atoms with E-state index >= 15 is 0 Å². The monoisotopic (exact) mass is 365 g/mol. The zero-order valence-electron chi connectivity index (χ0n) is 11.8. The lowest BCUT2D eigenvalue weighted by Gasteiger charge is -2.07. The molecular formula is C16H16BrNO2S. The fourth-order valence-electron chi connectivity index (χ4n) is 2.61. The molecule has 0 N–H and O–H groups in total. The van der Waals surface area contributed by atoms with Gasteiger partial charge in [0.2, 0.25) is 10.0 Å². The third-order valence-corrected chi connectivity index (χ3v) is 6.36. The number of aryl methyl sites for hydroxylation is 1. The molecule has 0 radical (unpaired) electrons. The van der Waals surface area contributed by atoms with E-state index in [1.54, 1.807) is 16.4 Å². The molecule has 1 unspecified atom stereocenters. The SMILES string of the molecule is Cc1ccc(S(=O)(=O)N2[C@H](C)[C@H]2c2ccc(Br)cc2)cc1. The van der Waals surface area contributed by atoms with Gasteiger partial charge in [-0.25, -0.2) is 8.42 Å². The fourth-order valence-corrected chi connectivity index (χ4v) is 4.69. The first-order valence-corrected chi connectivity index (χ1v) is 9.00. The molecule has 5 heteroatoms. The molecule has 0 saturated carbocycles. The molecule has 2 aromatic carbocycles. The first-order chi connectivity index (χ1) is 9.91. The van der Waals surface area contributed by atoms with Crippen LogP contribution in [0.3, 0.4) is 0 Å². The number of hydrogen-bond acceptors (Lipinski definition) is 2. The van der Waals surface area contributed by atoms with Crippen molar-refractivity contribution in [1.29, 1.82) is 0 Å². The summed E-state index contributed by atoms with van der Waals surface area (Å²) in [5.74, 6) is 0. The number of rotatable bonds is 3. The van der Waals surface area contributed by atoms with Gasteiger partial charge in [-0.2, -0.15) is 4.31 Å². The Balaban J connectivity index is 1.91. The molecule has 1 saturated heterocycles. The van der Waals surface area contributed by atoms with Gasteiger partial charge in [0.1, 0.15) is 0 Å². The Morgan fingerprint density at radius 2 is 1.57 bits per heavy atom. The molecule has 3 nitrogen and oxygen atoms in total. The zero-order chi connectivity index (χ0) is 15.2. The summed E-state index contributed by atoms with van der Waals surface area (Å²) in [4.78, 5) is 0.361. The van der Waals surface area contributed by atoms with Crippen LogP contribution >= 0.6 is 15.9 Å². The number of halogens is 1. The molecule has 1 aliphatic heterocycles. The van der Waals surface area contributed by atoms with Crippen LogP contribution in [-0.2, 0) is 10.0 Å². The molecule has 3 rings (SSSR count). The molecule has 0 spiro atoms. The van der Waals surface area contributed by atoms with Gasteiger partial charge in [0.05, 0.1) is 10.9 Å². The van der Waals surface area contributed by atoms with Gasteiger partial charge in [0.25, 0.3) is 0 Å². The zero-order valence-corrected chi connectivity index (χ0v) is 14.2. The Hall–Kier alpha value is -1.17. The highest BCUT2D eigenvalue weighted by Crippen LogP contribution is 2.47. The van der Waals surface area contributed by atoms with Crippen molar-refractivity contribution in [3.05, 3.63) is 64.1 Å². The molecule has 0 bridgehead atoms. The van der Waals surface area contributed by atoms with E-state index < -0.39 is 10.0 Å². The van der Waals surface area contributed by atoms with Crippen LogP contribution in [0.15, 0.2) is 57.9 Å². The predicted octanol–water partition coefficient (Wildman–Crippen LogP) is 3.89. The minimum Gasteiger partial charge on any atom is -0.207 e. The maximum Gasteiger partial charge on any atom is 0.243 e. The Morgan fingerprint density at radius 1 is 1.00 bits per heavy atom. The maximum atomic E-state index is 12.7. The molecule has 0 aliphatic carbocycles. The number of hydrogen-bond donors (Lipinski definition) is 0. The smallest absolute Gasteiger partial charge is 0.207 e. The van der Waals surface area contributed by atoms with E-state index in [0.717, 1.165) is 15.6 Å². The lowest BCUT2D eigenvalue weighted by atomic mass is 10.1. The predicted molar refractivity (Wildman–Crippen MR) is 86.5 cm³/mol. The van der Waals surface area contributed by atoms with Crippen molar-refractivity contribution in [3.8, 4) is 0 Å². The molecule has 3 atom stereocenters. The molecule has 1 fully saturated rings. The van der Waals surface area contributed by atoms with Crippen molar-refractivity contribution in [3.63, 3.8) is 0 Å². The van der Waals surface area contributed by atoms with Crippen LogP contribution in [0.5, 0.6) is 0 Å². The lowest BCUT2D eigenvalue weighted by Crippen LogP contribution is -2.14. The molecule has 21 heavy (non-hydrogen) atoms. The van der Waals surface area contributed by atoms with Crippen LogP contribution in [0, 0.1) is 6.92 Å². The summed E-state index contributed by atoms with van der Waals surface area (Å²) in [6.07, 6.45) is 0. The van der Waals surface area contributed by atoms with Gasteiger partial charge in [0, 0.05) is 10.5 Å². The minimum absolute atomic E-state index is 0.00233. The van der Waals surface area contributed by atoms with Crippen LogP contribution in [-0.4, -0.2) is 18.8 Å². The summed E-state index contributed by atoms with van der Waals surface area (Å²) in [5, 5.41) is 0. The van der Waals surface area contributed by atoms with Crippen molar-refractivity contribution < 1.29 is 8.42 Å². The van der Waals surface area contributed by atoms with Gasteiger partial charge in [-0.1, -0.05) is 45.8 Å². The number of sulfonamides is 1. The summed E-state index contributed by atoms with van der Waals surface area (Å²) in [7, 11) is -3.42. The Labute approximate surface area is 133 Å². The molecule has 1 aliphatic rings. The highest BCUT2D eigenvalue weighted by atomic mass is 79.9. The van der Waals surface area contributed by atoms with E-state index in [2.05, 4.69) is 15.9 Å². The second kappa shape index (κ2) is 5.23. The Bertz CT molecular complexity index is 754. The van der Waals surface area contributed by atoms with Crippen molar-refractivity contribution in [2.24, 2.45) is 0 Å². The second-order valence-corrected chi connectivity index (χ2v) is 8.14. The average molecular weight is 366 g/mol. The van der Waals surface area contributed by atoms with Gasteiger partial charge in [-0.3, -0.25) is 0 Å². The van der Waals surface area contributed by atoms with Gasteiger partial charge in [0.15, 0.2) is 0 Å². The quantitative estimate of drug-likeness (QED) is 0.773. The van der Waals surface area contributed by atoms with Crippen molar-refractivity contribution in [2.45, 2.75) is 30.8 Å². The molecule has 0 amide bonds. The highest BCUT2D eigenvalue weighted by molar-refractivity contribution is 9.10. The highest BCUT2D eigenvalue weighted by Gasteiger charge is 2.53. The summed E-state index contributed by atoms with van der Waals surface area (Å²) < 4.78 is 27.9. The largest absolute Gasteiger partial charge is 0.243 e. The first-order valence-electron chi connectivity index (χ1n) is 6.77. The van der Waals surface area contributed by atoms with Crippen molar-refractivity contribution >= 4 is 26.0 Å². The van der Waals surface area contributed by atoms with Gasteiger partial charge < -0.3 is 0 Å². The van der Waals surface area contributed by atoms with Crippen LogP contribution in [0.1, 0.15) is 24.1 Å². The molecule has 2 aromatic rings. The number of nitrogens with zero attached hydrogens (tertiary/aromatic N) is 1. The van der Waals surface area contributed by atoms with E-state index in [0.29, 0.717) is 4.90 Å². The van der Waals surface area contributed by atoms with Gasteiger partial charge >= 0.3 is 0 Å². The van der Waals surface area contributed by atoms with Crippen molar-refractivity contribution in [1.82, 2.24) is 4.31 Å². The van der Waals surface area contributed by atoms with Crippen molar-refractivity contribution in [2.75, 3.05) is 0 Å². The molecular weight excluding hydrogens is 350 g/mol. The van der Waals surface area contributed by atoms with Crippen LogP contribution < -0.4 is 0 Å². The normalized spacial score (nSPS) is 24.8. The third kappa shape index (κ3) is 2.65. The maximum absolute atomic E-state index is 12.7. The molecule has 0 aromatic heterocycles. The van der Waals surface area contributed by atoms with E-state index in [-0.39, 0.29) is 12.1 Å². The van der Waals surface area contributed by atoms with Gasteiger partial charge in [-0.15, -0.1) is 0 Å². The summed E-state index contributed by atoms with van der Waals surface area (Å²) in [6.45, 7) is 3.89. The second-order valence-electron chi connectivity index (χ2n) is 5.39. The third-order valence-electron chi connectivity index (χ3n) is 3.85. The lowest BCUT2D eigenvalue weighted by molar-refractivity contribution is 0.548. The van der Waals surface area contributed by atoms with Crippen LogP contribution in [0.2, 0.25) is 0 Å². The van der Waals surface area contributed by atoms with Crippen LogP contribution in [0.4, 0.5) is 0 Å². The van der Waals surface area contributed by atoms with Crippen LogP contribution in [0.25, 0.3) is 0 Å². The van der Waals surface area contributed by atoms with E-state index in [4.69, 9.17) is 0 Å². The minimum atomic E-state index is -3.42. The van der Waals surface area contributed by atoms with Gasteiger partial charge in [-0.05, 0) is 43.7 Å². The van der Waals surface area contributed by atoms with E-state index in [1.807, 2.05) is 50.2 Å². The molecule has 1 heterocycles. The standard InChI is InChI=1S/C16H16BrNO2S/c1-11-3-9-15(10-4-11)21(19,20)18-12(2)16(18)13-5-7-14(17)8-6-13/h3-10,12,16H,1-2H3/t12-,16+,18?/m1/s1. The summed E-state index contributed by atoms with van der Waals surface area (Å²) >= 11 is 3.40. The Kier molecular flexibility index (Phi) is 3.67. The Morgan fingerprint density at radius 3 is 2.14 bits per heavy atom. The number of benzene rings is 2. The fraction of sp³-hybridized carbons (Fsp3) is 0.250. The first kappa shape index (κ1) is 14.8.